The summed E-state index contributed by atoms with van der Waals surface area (Å²) in [4.78, 5) is 0. The maximum atomic E-state index is 9.21. The van der Waals surface area contributed by atoms with E-state index in [1.54, 1.807) is 0 Å². The van der Waals surface area contributed by atoms with Crippen molar-refractivity contribution >= 4 is 0 Å². The van der Waals surface area contributed by atoms with Crippen LogP contribution in [0.25, 0.3) is 0 Å². The van der Waals surface area contributed by atoms with Crippen LogP contribution in [0.5, 0.6) is 0 Å². The van der Waals surface area contributed by atoms with Gasteiger partial charge in [0, 0.05) is 0 Å². The largest absolute Gasteiger partial charge is 0.393 e. The van der Waals surface area contributed by atoms with Gasteiger partial charge in [0.05, 0.1) is 6.10 Å². The molecule has 0 rings (SSSR count). The molecule has 0 aliphatic carbocycles. The Morgan fingerprint density at radius 1 is 1.45 bits per heavy atom. The van der Waals surface area contributed by atoms with Crippen molar-refractivity contribution in [2.45, 2.75) is 52.6 Å². The Labute approximate surface area is 70.1 Å². The molecule has 66 valence electrons. The molecule has 0 aromatic rings. The topological polar surface area (TPSA) is 20.2 Å². The van der Waals surface area contributed by atoms with E-state index in [0.717, 1.165) is 25.7 Å². The molecule has 0 fully saturated rings. The van der Waals surface area contributed by atoms with Crippen LogP contribution in [0.3, 0.4) is 0 Å². The van der Waals surface area contributed by atoms with Crippen LogP contribution in [0.2, 0.25) is 0 Å². The van der Waals surface area contributed by atoms with Gasteiger partial charge in [-0.3, -0.25) is 0 Å². The van der Waals surface area contributed by atoms with E-state index >= 15 is 0 Å². The number of hydrogen-bond donors (Lipinski definition) is 1. The summed E-state index contributed by atoms with van der Waals surface area (Å²) in [5.41, 5.74) is 1.42. The first-order valence-corrected chi connectivity index (χ1v) is 4.54. The second-order valence-corrected chi connectivity index (χ2v) is 3.04. The Bertz CT molecular complexity index is 116. The molecule has 0 aliphatic heterocycles. The van der Waals surface area contributed by atoms with Gasteiger partial charge in [-0.25, -0.2) is 0 Å². The zero-order chi connectivity index (χ0) is 8.69. The van der Waals surface area contributed by atoms with E-state index in [-0.39, 0.29) is 6.10 Å². The fourth-order valence-electron chi connectivity index (χ4n) is 0.871. The molecule has 11 heavy (non-hydrogen) atoms. The quantitative estimate of drug-likeness (QED) is 0.607. The van der Waals surface area contributed by atoms with Gasteiger partial charge in [0.2, 0.25) is 0 Å². The van der Waals surface area contributed by atoms with E-state index in [4.69, 9.17) is 0 Å². The summed E-state index contributed by atoms with van der Waals surface area (Å²) in [7, 11) is 0. The first-order valence-electron chi connectivity index (χ1n) is 4.54. The Morgan fingerprint density at radius 3 is 2.55 bits per heavy atom. The lowest BCUT2D eigenvalue weighted by Gasteiger charge is -2.04. The third kappa shape index (κ3) is 6.11. The molecule has 1 N–H and O–H groups in total. The monoisotopic (exact) mass is 156 g/mol. The molecular formula is C10H20O. The summed E-state index contributed by atoms with van der Waals surface area (Å²) in [5, 5.41) is 9.21. The highest BCUT2D eigenvalue weighted by atomic mass is 16.3. The van der Waals surface area contributed by atoms with E-state index < -0.39 is 0 Å². The standard InChI is InChI=1S/C10H20O/c1-4-9(3)7-6-8-10(11)5-2/h7,10-11H,4-6,8H2,1-3H3/b9-7-/t10-/m0/s1. The Kier molecular flexibility index (Phi) is 6.24. The number of hydrogen-bond acceptors (Lipinski definition) is 1. The zero-order valence-corrected chi connectivity index (χ0v) is 7.93. The SMILES string of the molecule is CC/C(C)=C\CC[C@@H](O)CC. The normalized spacial score (nSPS) is 15.1. The van der Waals surface area contributed by atoms with Gasteiger partial charge in [0.25, 0.3) is 0 Å². The molecule has 0 aromatic carbocycles. The summed E-state index contributed by atoms with van der Waals surface area (Å²) in [5.74, 6) is 0. The van der Waals surface area contributed by atoms with Crippen molar-refractivity contribution in [3.63, 3.8) is 0 Å². The molecule has 0 radical (unpaired) electrons. The maximum Gasteiger partial charge on any atom is 0.0540 e. The summed E-state index contributed by atoms with van der Waals surface area (Å²) in [6.07, 6.45) is 6.05. The zero-order valence-electron chi connectivity index (χ0n) is 7.93. The lowest BCUT2D eigenvalue weighted by molar-refractivity contribution is 0.161. The number of allylic oxidation sites excluding steroid dienone is 2. The molecule has 0 saturated carbocycles. The van der Waals surface area contributed by atoms with Crippen LogP contribution in [0.15, 0.2) is 11.6 Å². The van der Waals surface area contributed by atoms with Gasteiger partial charge in [-0.15, -0.1) is 0 Å². The highest BCUT2D eigenvalue weighted by Gasteiger charge is 1.97. The smallest absolute Gasteiger partial charge is 0.0540 e. The van der Waals surface area contributed by atoms with Gasteiger partial charge in [0.15, 0.2) is 0 Å². The molecular weight excluding hydrogens is 136 g/mol. The lowest BCUT2D eigenvalue weighted by atomic mass is 10.1. The minimum absolute atomic E-state index is 0.101. The van der Waals surface area contributed by atoms with Crippen LogP contribution in [0.1, 0.15) is 46.5 Å². The van der Waals surface area contributed by atoms with Crippen LogP contribution in [0.4, 0.5) is 0 Å². The molecule has 1 atom stereocenters. The molecule has 0 unspecified atom stereocenters. The van der Waals surface area contributed by atoms with Crippen LogP contribution < -0.4 is 0 Å². The van der Waals surface area contributed by atoms with Crippen molar-refractivity contribution in [3.8, 4) is 0 Å². The van der Waals surface area contributed by atoms with Crippen molar-refractivity contribution in [2.24, 2.45) is 0 Å². The predicted octanol–water partition coefficient (Wildman–Crippen LogP) is 2.89. The lowest BCUT2D eigenvalue weighted by Crippen LogP contribution is -2.02. The van der Waals surface area contributed by atoms with Gasteiger partial charge in [-0.05, 0) is 32.6 Å². The molecule has 1 heteroatoms. The van der Waals surface area contributed by atoms with Gasteiger partial charge in [-0.1, -0.05) is 25.5 Å². The first-order chi connectivity index (χ1) is 5.20. The number of rotatable bonds is 5. The molecule has 0 spiro atoms. The van der Waals surface area contributed by atoms with Gasteiger partial charge >= 0.3 is 0 Å². The minimum atomic E-state index is -0.101. The van der Waals surface area contributed by atoms with E-state index in [1.165, 1.54) is 5.57 Å². The highest BCUT2D eigenvalue weighted by molar-refractivity contribution is 4.96. The summed E-state index contributed by atoms with van der Waals surface area (Å²) < 4.78 is 0. The van der Waals surface area contributed by atoms with Crippen molar-refractivity contribution in [1.29, 1.82) is 0 Å². The average Bonchev–Trinajstić information content (AvgIpc) is 2.04. The van der Waals surface area contributed by atoms with Crippen molar-refractivity contribution in [1.82, 2.24) is 0 Å². The molecule has 0 bridgehead atoms. The Hall–Kier alpha value is -0.300. The van der Waals surface area contributed by atoms with Gasteiger partial charge in [-0.2, -0.15) is 0 Å². The van der Waals surface area contributed by atoms with E-state index in [0.29, 0.717) is 0 Å². The molecule has 1 nitrogen and oxygen atoms in total. The summed E-state index contributed by atoms with van der Waals surface area (Å²) in [6.45, 7) is 6.31. The molecule has 0 aromatic heterocycles. The van der Waals surface area contributed by atoms with E-state index in [2.05, 4.69) is 19.9 Å². The van der Waals surface area contributed by atoms with Crippen LogP contribution in [0, 0.1) is 0 Å². The van der Waals surface area contributed by atoms with Crippen LogP contribution in [-0.4, -0.2) is 11.2 Å². The average molecular weight is 156 g/mol. The van der Waals surface area contributed by atoms with Gasteiger partial charge < -0.3 is 5.11 Å². The van der Waals surface area contributed by atoms with Crippen LogP contribution in [-0.2, 0) is 0 Å². The number of aliphatic hydroxyl groups excluding tert-OH is 1. The fraction of sp³-hybridized carbons (Fsp3) is 0.800. The predicted molar refractivity (Wildman–Crippen MR) is 49.6 cm³/mol. The van der Waals surface area contributed by atoms with Gasteiger partial charge in [0.1, 0.15) is 0 Å². The Morgan fingerprint density at radius 2 is 2.09 bits per heavy atom. The minimum Gasteiger partial charge on any atom is -0.393 e. The second kappa shape index (κ2) is 6.41. The number of aliphatic hydroxyl groups is 1. The third-order valence-corrected chi connectivity index (χ3v) is 2.02. The molecule has 0 aliphatic rings. The second-order valence-electron chi connectivity index (χ2n) is 3.04. The van der Waals surface area contributed by atoms with E-state index in [1.807, 2.05) is 6.92 Å². The molecule has 0 heterocycles. The third-order valence-electron chi connectivity index (χ3n) is 2.02. The first kappa shape index (κ1) is 10.7. The highest BCUT2D eigenvalue weighted by Crippen LogP contribution is 2.05. The van der Waals surface area contributed by atoms with Crippen molar-refractivity contribution in [2.75, 3.05) is 0 Å². The summed E-state index contributed by atoms with van der Waals surface area (Å²) in [6, 6.07) is 0. The van der Waals surface area contributed by atoms with E-state index in [9.17, 15) is 5.11 Å². The maximum absolute atomic E-state index is 9.21. The summed E-state index contributed by atoms with van der Waals surface area (Å²) >= 11 is 0. The fourth-order valence-corrected chi connectivity index (χ4v) is 0.871. The molecule has 0 saturated heterocycles. The van der Waals surface area contributed by atoms with Crippen LogP contribution >= 0.6 is 0 Å². The van der Waals surface area contributed by atoms with Crippen molar-refractivity contribution in [3.05, 3.63) is 11.6 Å². The Balaban J connectivity index is 3.39. The molecule has 0 amide bonds. The van der Waals surface area contributed by atoms with Crippen molar-refractivity contribution < 1.29 is 5.11 Å².